The van der Waals surface area contributed by atoms with Gasteiger partial charge in [-0.15, -0.1) is 0 Å². The second kappa shape index (κ2) is 9.36. The van der Waals surface area contributed by atoms with Crippen LogP contribution in [0.5, 0.6) is 0 Å². The fourth-order valence-corrected chi connectivity index (χ4v) is 4.43. The van der Waals surface area contributed by atoms with Crippen molar-refractivity contribution in [3.8, 4) is 6.07 Å². The minimum atomic E-state index is -4.61. The maximum absolute atomic E-state index is 12.6. The Kier molecular flexibility index (Phi) is 6.98. The summed E-state index contributed by atoms with van der Waals surface area (Å²) in [5.41, 5.74) is 0.863. The third kappa shape index (κ3) is 4.99. The second-order valence-corrected chi connectivity index (χ2v) is 8.41. The Balaban J connectivity index is 1.70. The largest absolute Gasteiger partial charge is 0.481 e. The maximum atomic E-state index is 12.6. The van der Waals surface area contributed by atoms with Crippen LogP contribution in [-0.4, -0.2) is 65.4 Å². The van der Waals surface area contributed by atoms with Gasteiger partial charge >= 0.3 is 18.2 Å². The van der Waals surface area contributed by atoms with Crippen LogP contribution in [0.15, 0.2) is 18.2 Å². The zero-order chi connectivity index (χ0) is 23.5. The molecule has 7 nitrogen and oxygen atoms in total. The van der Waals surface area contributed by atoms with Crippen LogP contribution in [-0.2, 0) is 21.5 Å². The van der Waals surface area contributed by atoms with Gasteiger partial charge in [-0.2, -0.15) is 18.4 Å². The summed E-state index contributed by atoms with van der Waals surface area (Å²) in [6.07, 6.45) is -5.14. The molecule has 3 rings (SSSR count). The molecule has 1 heterocycles. The molecule has 1 aromatic carbocycles. The average molecular weight is 453 g/mol. The Bertz CT molecular complexity index is 899. The second-order valence-electron chi connectivity index (χ2n) is 8.41. The Hall–Kier alpha value is -2.80. The fraction of sp³-hybridized carbons (Fsp3) is 0.591. The van der Waals surface area contributed by atoms with E-state index in [0.29, 0.717) is 43.6 Å². The van der Waals surface area contributed by atoms with Gasteiger partial charge in [-0.1, -0.05) is 18.9 Å². The number of carboxylic acids is 1. The molecule has 174 valence electrons. The Morgan fingerprint density at radius 3 is 2.38 bits per heavy atom. The molecule has 1 atom stereocenters. The highest BCUT2D eigenvalue weighted by molar-refractivity contribution is 5.82. The number of nitriles is 1. The molecule has 2 fully saturated rings. The lowest BCUT2D eigenvalue weighted by molar-refractivity contribution is -0.200. The minimum Gasteiger partial charge on any atom is -0.481 e. The molecule has 1 aliphatic heterocycles. The van der Waals surface area contributed by atoms with Gasteiger partial charge in [0, 0.05) is 32.7 Å². The molecule has 1 unspecified atom stereocenters. The van der Waals surface area contributed by atoms with Crippen LogP contribution in [0.25, 0.3) is 0 Å². The number of halogens is 3. The highest BCUT2D eigenvalue weighted by atomic mass is 19.4. The number of amides is 1. The number of carbonyl (C=O) groups excluding carboxylic acids is 1. The quantitative estimate of drug-likeness (QED) is 0.731. The normalized spacial score (nSPS) is 19.9. The number of hydrogen-bond acceptors (Lipinski definition) is 5. The molecule has 2 aliphatic rings. The van der Waals surface area contributed by atoms with Gasteiger partial charge < -0.3 is 14.7 Å². The number of nitrogens with zero attached hydrogens (tertiary/aromatic N) is 3. The molecule has 1 aliphatic carbocycles. The van der Waals surface area contributed by atoms with Crippen molar-refractivity contribution in [3.05, 3.63) is 34.9 Å². The van der Waals surface area contributed by atoms with Crippen LogP contribution in [0.4, 0.5) is 18.0 Å². The van der Waals surface area contributed by atoms with Crippen molar-refractivity contribution in [1.29, 1.82) is 5.26 Å². The molecule has 1 amide bonds. The zero-order valence-electron chi connectivity index (χ0n) is 17.8. The number of aliphatic carboxylic acids is 1. The first-order chi connectivity index (χ1) is 15.1. The molecule has 0 spiro atoms. The number of rotatable bonds is 5. The molecule has 1 saturated carbocycles. The van der Waals surface area contributed by atoms with Crippen molar-refractivity contribution >= 4 is 12.1 Å². The molecule has 0 aromatic heterocycles. The van der Waals surface area contributed by atoms with Gasteiger partial charge in [0.05, 0.1) is 17.0 Å². The summed E-state index contributed by atoms with van der Waals surface area (Å²) in [6, 6.07) is 7.19. The van der Waals surface area contributed by atoms with Crippen molar-refractivity contribution in [2.45, 2.75) is 56.8 Å². The molecule has 10 heteroatoms. The molecular weight excluding hydrogens is 427 g/mol. The maximum Gasteiger partial charge on any atom is 0.425 e. The molecule has 1 N–H and O–H groups in total. The number of hydrogen-bond donors (Lipinski definition) is 1. The lowest BCUT2D eigenvalue weighted by Gasteiger charge is -2.36. The van der Waals surface area contributed by atoms with Gasteiger partial charge in [-0.3, -0.25) is 9.69 Å². The molecule has 32 heavy (non-hydrogen) atoms. The minimum absolute atomic E-state index is 0.207. The third-order valence-corrected chi connectivity index (χ3v) is 6.38. The predicted molar refractivity (Wildman–Crippen MR) is 108 cm³/mol. The summed E-state index contributed by atoms with van der Waals surface area (Å²) in [4.78, 5) is 27.5. The summed E-state index contributed by atoms with van der Waals surface area (Å²) >= 11 is 0. The first kappa shape index (κ1) is 23.9. The Morgan fingerprint density at radius 1 is 1.22 bits per heavy atom. The average Bonchev–Trinajstić information content (AvgIpc) is 3.25. The van der Waals surface area contributed by atoms with E-state index in [4.69, 9.17) is 0 Å². The van der Waals surface area contributed by atoms with E-state index in [1.54, 1.807) is 18.2 Å². The van der Waals surface area contributed by atoms with Crippen LogP contribution in [0, 0.1) is 11.3 Å². The van der Waals surface area contributed by atoms with E-state index < -0.39 is 29.8 Å². The number of alkyl halides is 3. The molecule has 0 radical (unpaired) electrons. The van der Waals surface area contributed by atoms with E-state index in [-0.39, 0.29) is 13.1 Å². The zero-order valence-corrected chi connectivity index (χ0v) is 17.8. The number of benzene rings is 1. The lowest BCUT2D eigenvalue weighted by Crippen LogP contribution is -2.50. The first-order valence-electron chi connectivity index (χ1n) is 10.6. The molecule has 1 saturated heterocycles. The van der Waals surface area contributed by atoms with Crippen LogP contribution in [0.3, 0.4) is 0 Å². The van der Waals surface area contributed by atoms with Crippen LogP contribution in [0.1, 0.15) is 49.3 Å². The smallest absolute Gasteiger partial charge is 0.425 e. The highest BCUT2D eigenvalue weighted by Gasteiger charge is 2.44. The van der Waals surface area contributed by atoms with Crippen molar-refractivity contribution in [2.24, 2.45) is 0 Å². The summed E-state index contributed by atoms with van der Waals surface area (Å²) in [5.74, 6) is -0.891. The van der Waals surface area contributed by atoms with Crippen LogP contribution < -0.4 is 0 Å². The summed E-state index contributed by atoms with van der Waals surface area (Å²) in [7, 11) is 0. The third-order valence-electron chi connectivity index (χ3n) is 6.38. The van der Waals surface area contributed by atoms with E-state index >= 15 is 0 Å². The summed E-state index contributed by atoms with van der Waals surface area (Å²) in [6.45, 7) is 2.46. The van der Waals surface area contributed by atoms with Crippen molar-refractivity contribution < 1.29 is 32.6 Å². The number of carboxylic acid groups (broad SMARTS) is 1. The highest BCUT2D eigenvalue weighted by Crippen LogP contribution is 2.43. The Labute approximate surface area is 184 Å². The van der Waals surface area contributed by atoms with Gasteiger partial charge in [0.15, 0.2) is 6.10 Å². The van der Waals surface area contributed by atoms with E-state index in [9.17, 15) is 33.1 Å². The van der Waals surface area contributed by atoms with Gasteiger partial charge in [0.1, 0.15) is 0 Å². The SMILES string of the molecule is CC(OC(=O)N1CCN(Cc2ccc(C#N)cc2C2(C(=O)O)CCCC2)CC1)C(F)(F)F. The number of piperazine rings is 1. The van der Waals surface area contributed by atoms with E-state index in [0.717, 1.165) is 25.3 Å². The van der Waals surface area contributed by atoms with E-state index in [1.807, 2.05) is 4.90 Å². The standard InChI is InChI=1S/C22H26F3N3O4/c1-15(22(23,24)25)32-20(31)28-10-8-27(9-11-28)14-17-5-4-16(13-26)12-18(17)21(19(29)30)6-2-3-7-21/h4-5,12,15H,2-3,6-11,14H2,1H3,(H,29,30). The topological polar surface area (TPSA) is 93.9 Å². The summed E-state index contributed by atoms with van der Waals surface area (Å²) < 4.78 is 42.4. The van der Waals surface area contributed by atoms with Gasteiger partial charge in [-0.25, -0.2) is 4.79 Å². The van der Waals surface area contributed by atoms with Crippen molar-refractivity contribution in [3.63, 3.8) is 0 Å². The molecule has 0 bridgehead atoms. The number of carbonyl (C=O) groups is 2. The van der Waals surface area contributed by atoms with Gasteiger partial charge in [0.2, 0.25) is 0 Å². The van der Waals surface area contributed by atoms with Gasteiger partial charge in [-0.05, 0) is 43.0 Å². The predicted octanol–water partition coefficient (Wildman–Crippen LogP) is 3.66. The van der Waals surface area contributed by atoms with Gasteiger partial charge in [0.25, 0.3) is 0 Å². The lowest BCUT2D eigenvalue weighted by atomic mass is 9.76. The first-order valence-corrected chi connectivity index (χ1v) is 10.6. The number of ether oxygens (including phenoxy) is 1. The molecule has 1 aromatic rings. The van der Waals surface area contributed by atoms with Crippen LogP contribution >= 0.6 is 0 Å². The van der Waals surface area contributed by atoms with Crippen molar-refractivity contribution in [2.75, 3.05) is 26.2 Å². The Morgan fingerprint density at radius 2 is 1.84 bits per heavy atom. The monoisotopic (exact) mass is 453 g/mol. The molecular formula is C22H26F3N3O4. The van der Waals surface area contributed by atoms with E-state index in [2.05, 4.69) is 10.8 Å². The van der Waals surface area contributed by atoms with Crippen LogP contribution in [0.2, 0.25) is 0 Å². The summed E-state index contributed by atoms with van der Waals surface area (Å²) in [5, 5.41) is 19.3. The fourth-order valence-electron chi connectivity index (χ4n) is 4.43. The van der Waals surface area contributed by atoms with Crippen molar-refractivity contribution in [1.82, 2.24) is 9.80 Å². The van der Waals surface area contributed by atoms with E-state index in [1.165, 1.54) is 4.90 Å².